The van der Waals surface area contributed by atoms with Crippen molar-refractivity contribution in [3.63, 3.8) is 0 Å². The molecule has 1 unspecified atom stereocenters. The Morgan fingerprint density at radius 2 is 1.59 bits per heavy atom. The first-order valence-electron chi connectivity index (χ1n) is 20.7. The normalized spacial score (nSPS) is 35.8. The second kappa shape index (κ2) is 14.1. The van der Waals surface area contributed by atoms with Crippen LogP contribution in [0.2, 0.25) is 5.02 Å². The topological polar surface area (TPSA) is 101 Å². The van der Waals surface area contributed by atoms with Gasteiger partial charge in [0.25, 0.3) is 0 Å². The van der Waals surface area contributed by atoms with E-state index in [1.54, 1.807) is 20.8 Å². The summed E-state index contributed by atoms with van der Waals surface area (Å²) in [6.07, 6.45) is 9.18. The van der Waals surface area contributed by atoms with Gasteiger partial charge in [-0.1, -0.05) is 77.8 Å². The Morgan fingerprint density at radius 3 is 2.20 bits per heavy atom. The molecular formula is C46H66ClNO6. The zero-order valence-electron chi connectivity index (χ0n) is 34.7. The molecule has 1 aromatic carbocycles. The molecule has 5 aliphatic rings. The summed E-state index contributed by atoms with van der Waals surface area (Å²) < 4.78 is 6.18. The van der Waals surface area contributed by atoms with Crippen molar-refractivity contribution in [2.75, 3.05) is 6.54 Å². The highest BCUT2D eigenvalue weighted by Crippen LogP contribution is 2.77. The van der Waals surface area contributed by atoms with Gasteiger partial charge in [0.15, 0.2) is 5.78 Å². The molecule has 1 aromatic rings. The van der Waals surface area contributed by atoms with Crippen molar-refractivity contribution < 1.29 is 29.0 Å². The number of benzene rings is 1. The van der Waals surface area contributed by atoms with Crippen LogP contribution in [0.15, 0.2) is 35.4 Å². The Bertz CT molecular complexity index is 1710. The number of rotatable bonds is 10. The van der Waals surface area contributed by atoms with E-state index in [2.05, 4.69) is 48.5 Å². The molecule has 4 fully saturated rings. The fourth-order valence-corrected chi connectivity index (χ4v) is 13.5. The predicted molar refractivity (Wildman–Crippen MR) is 213 cm³/mol. The van der Waals surface area contributed by atoms with Crippen LogP contribution in [0.25, 0.3) is 0 Å². The number of carboxylic acid groups (broad SMARTS) is 1. The minimum absolute atomic E-state index is 0.0347. The molecule has 1 amide bonds. The first-order valence-corrected chi connectivity index (χ1v) is 21.1. The average Bonchev–Trinajstić information content (AvgIpc) is 3.37. The number of ketones is 1. The van der Waals surface area contributed by atoms with Crippen LogP contribution >= 0.6 is 11.6 Å². The Balaban J connectivity index is 1.27. The Hall–Kier alpha value is -2.67. The molecule has 298 valence electrons. The van der Waals surface area contributed by atoms with Gasteiger partial charge in [0.2, 0.25) is 5.91 Å². The van der Waals surface area contributed by atoms with Crippen LogP contribution in [-0.2, 0) is 30.5 Å². The van der Waals surface area contributed by atoms with Crippen LogP contribution < -0.4 is 0 Å². The molecule has 0 aromatic heterocycles. The summed E-state index contributed by atoms with van der Waals surface area (Å²) in [5, 5.41) is 10.3. The van der Waals surface area contributed by atoms with E-state index in [0.29, 0.717) is 48.1 Å². The van der Waals surface area contributed by atoms with Crippen LogP contribution in [0.1, 0.15) is 145 Å². The molecule has 0 heterocycles. The number of ether oxygens (including phenoxy) is 1. The molecule has 1 N–H and O–H groups in total. The summed E-state index contributed by atoms with van der Waals surface area (Å²) in [5.74, 6) is 0.343. The molecule has 0 radical (unpaired) electrons. The number of carbonyl (C=O) groups excluding carboxylic acids is 3. The van der Waals surface area contributed by atoms with Crippen LogP contribution in [0, 0.1) is 56.2 Å². The average molecular weight is 764 g/mol. The third kappa shape index (κ3) is 6.58. The van der Waals surface area contributed by atoms with E-state index in [-0.39, 0.29) is 51.4 Å². The highest BCUT2D eigenvalue weighted by Gasteiger charge is 2.70. The maximum Gasteiger partial charge on any atom is 0.309 e. The fourth-order valence-electron chi connectivity index (χ4n) is 13.4. The number of aliphatic carboxylic acids is 1. The van der Waals surface area contributed by atoms with Crippen molar-refractivity contribution in [3.8, 4) is 0 Å². The number of Topliss-reactive ketones (excluding diaryl/α,β-unsaturated/α-hetero) is 1. The lowest BCUT2D eigenvalue weighted by molar-refractivity contribution is -0.233. The maximum atomic E-state index is 14.1. The van der Waals surface area contributed by atoms with Crippen molar-refractivity contribution in [1.29, 1.82) is 0 Å². The summed E-state index contributed by atoms with van der Waals surface area (Å²) in [4.78, 5) is 54.0. The molecular weight excluding hydrogens is 698 g/mol. The maximum absolute atomic E-state index is 14.1. The molecule has 7 nitrogen and oxygen atoms in total. The van der Waals surface area contributed by atoms with Crippen LogP contribution in [0.3, 0.4) is 0 Å². The van der Waals surface area contributed by atoms with Crippen molar-refractivity contribution in [1.82, 2.24) is 4.90 Å². The van der Waals surface area contributed by atoms with Gasteiger partial charge in [-0.15, -0.1) is 0 Å². The zero-order chi connectivity index (χ0) is 39.8. The van der Waals surface area contributed by atoms with Crippen molar-refractivity contribution in [2.45, 2.75) is 153 Å². The second-order valence-electron chi connectivity index (χ2n) is 20.5. The van der Waals surface area contributed by atoms with E-state index in [4.69, 9.17) is 16.3 Å². The molecule has 0 bridgehead atoms. The molecule has 0 aliphatic heterocycles. The largest absolute Gasteiger partial charge is 0.481 e. The second-order valence-corrected chi connectivity index (χ2v) is 20.9. The van der Waals surface area contributed by atoms with E-state index < -0.39 is 17.4 Å². The predicted octanol–water partition coefficient (Wildman–Crippen LogP) is 10.5. The summed E-state index contributed by atoms with van der Waals surface area (Å²) in [6.45, 7) is 22.6. The highest BCUT2D eigenvalue weighted by molar-refractivity contribution is 6.30. The van der Waals surface area contributed by atoms with Crippen LogP contribution in [0.5, 0.6) is 0 Å². The molecule has 5 aliphatic carbocycles. The number of nitrogens with zero attached hydrogens (tertiary/aromatic N) is 1. The molecule has 54 heavy (non-hydrogen) atoms. The number of allylic oxidation sites excluding steroid dienone is 2. The van der Waals surface area contributed by atoms with Gasteiger partial charge < -0.3 is 14.7 Å². The van der Waals surface area contributed by atoms with Crippen LogP contribution in [-0.4, -0.2) is 46.3 Å². The lowest BCUT2D eigenvalue weighted by Crippen LogP contribution is -2.65. The number of hydrogen-bond donors (Lipinski definition) is 1. The van der Waals surface area contributed by atoms with E-state index in [9.17, 15) is 24.3 Å². The number of amides is 1. The zero-order valence-corrected chi connectivity index (χ0v) is 35.5. The number of carbonyl (C=O) groups is 4. The summed E-state index contributed by atoms with van der Waals surface area (Å²) in [6, 6.07) is 7.72. The SMILES string of the molecule is CC(=O)N(CC[C@@]12CC[C@]3(C)[C@H](CC[C@@H]4[C@@]5(C)CC[C@H](OC(=O)CC(C)(C)C(=O)O)C(C)(C)C5CC[C@]43C)C1=C(C(C)C)C(=O)C2)Cc1ccc(Cl)cc1. The Morgan fingerprint density at radius 1 is 0.926 bits per heavy atom. The summed E-state index contributed by atoms with van der Waals surface area (Å²) in [5.41, 5.74) is 2.15. The molecule has 8 atom stereocenters. The number of halogens is 1. The smallest absolute Gasteiger partial charge is 0.309 e. The van der Waals surface area contributed by atoms with Gasteiger partial charge in [-0.3, -0.25) is 19.2 Å². The third-order valence-electron chi connectivity index (χ3n) is 16.5. The molecule has 0 saturated heterocycles. The van der Waals surface area contributed by atoms with Crippen molar-refractivity contribution >= 4 is 35.2 Å². The van der Waals surface area contributed by atoms with Gasteiger partial charge >= 0.3 is 11.9 Å². The molecule has 0 spiro atoms. The highest BCUT2D eigenvalue weighted by atomic mass is 35.5. The van der Waals surface area contributed by atoms with Gasteiger partial charge in [-0.05, 0) is 135 Å². The lowest BCUT2D eigenvalue weighted by Gasteiger charge is -2.72. The first-order chi connectivity index (χ1) is 25.0. The third-order valence-corrected chi connectivity index (χ3v) is 16.8. The minimum Gasteiger partial charge on any atom is -0.481 e. The lowest BCUT2D eigenvalue weighted by atomic mass is 9.33. The summed E-state index contributed by atoms with van der Waals surface area (Å²) >= 11 is 6.16. The van der Waals surface area contributed by atoms with Crippen LogP contribution in [0.4, 0.5) is 0 Å². The van der Waals surface area contributed by atoms with E-state index in [1.807, 2.05) is 29.2 Å². The number of carboxylic acids is 1. The van der Waals surface area contributed by atoms with Crippen molar-refractivity contribution in [2.24, 2.45) is 56.2 Å². The molecule has 4 saturated carbocycles. The standard InChI is InChI=1S/C46H66ClNO6/c1-28(2)38-33(50)25-46(23-24-48(29(3)49)27-30-11-13-31(47)14-12-30)22-21-44(9)32(39(38)46)15-16-35-43(8)19-18-36(54-37(51)26-41(4,5)40(52)53)42(6,7)34(43)17-20-45(35,44)10/h11-14,28,32,34-36H,15-27H2,1-10H3,(H,52,53)/t32-,34?,35-,36+,43+,44-,45-,46-/m1/s1. The minimum atomic E-state index is -1.16. The van der Waals surface area contributed by atoms with Gasteiger partial charge in [-0.25, -0.2) is 0 Å². The fraction of sp³-hybridized carbons (Fsp3) is 0.739. The van der Waals surface area contributed by atoms with Gasteiger partial charge in [0, 0.05) is 42.3 Å². The number of fused-ring (bicyclic) bond motifs is 7. The number of esters is 1. The van der Waals surface area contributed by atoms with E-state index in [0.717, 1.165) is 68.9 Å². The quantitative estimate of drug-likeness (QED) is 0.238. The Kier molecular flexibility index (Phi) is 10.7. The van der Waals surface area contributed by atoms with E-state index in [1.165, 1.54) is 5.57 Å². The van der Waals surface area contributed by atoms with Gasteiger partial charge in [0.05, 0.1) is 11.8 Å². The molecule has 8 heteroatoms. The van der Waals surface area contributed by atoms with Gasteiger partial charge in [-0.2, -0.15) is 0 Å². The first kappa shape index (κ1) is 41.0. The van der Waals surface area contributed by atoms with Gasteiger partial charge in [0.1, 0.15) is 6.10 Å². The Labute approximate surface area is 329 Å². The van der Waals surface area contributed by atoms with Crippen molar-refractivity contribution in [3.05, 3.63) is 46.0 Å². The molecule has 6 rings (SSSR count). The summed E-state index contributed by atoms with van der Waals surface area (Å²) in [7, 11) is 0. The number of hydrogen-bond acceptors (Lipinski definition) is 5. The monoisotopic (exact) mass is 763 g/mol. The van der Waals surface area contributed by atoms with E-state index >= 15 is 0 Å².